The zero-order chi connectivity index (χ0) is 13.9. The molecular weight excluding hydrogens is 251 g/mol. The van der Waals surface area contributed by atoms with Crippen LogP contribution in [0.15, 0.2) is 42.5 Å². The highest BCUT2D eigenvalue weighted by molar-refractivity contribution is 5.50. The molecule has 0 atom stereocenters. The van der Waals surface area contributed by atoms with Gasteiger partial charge in [-0.1, -0.05) is 30.3 Å². The molecule has 1 heterocycles. The van der Waals surface area contributed by atoms with E-state index in [4.69, 9.17) is 5.73 Å². The smallest absolute Gasteiger partial charge is 0.146 e. The number of nitrogens with two attached hydrogens (primary N) is 1. The molecule has 2 nitrogen and oxygen atoms in total. The summed E-state index contributed by atoms with van der Waals surface area (Å²) in [6.07, 6.45) is 2.12. The fourth-order valence-corrected chi connectivity index (χ4v) is 2.84. The zero-order valence-electron chi connectivity index (χ0n) is 11.5. The molecule has 0 unspecified atom stereocenters. The number of rotatable bonds is 2. The van der Waals surface area contributed by atoms with Crippen LogP contribution in [0.25, 0.3) is 0 Å². The topological polar surface area (TPSA) is 29.3 Å². The Kier molecular flexibility index (Phi) is 3.70. The van der Waals surface area contributed by atoms with Crippen molar-refractivity contribution >= 4 is 5.69 Å². The van der Waals surface area contributed by atoms with Crippen LogP contribution < -0.4 is 10.6 Å². The summed E-state index contributed by atoms with van der Waals surface area (Å²) in [6.45, 7) is 2.03. The third kappa shape index (κ3) is 2.54. The van der Waals surface area contributed by atoms with Crippen molar-refractivity contribution < 1.29 is 4.39 Å². The summed E-state index contributed by atoms with van der Waals surface area (Å²) in [4.78, 5) is 2.13. The van der Waals surface area contributed by atoms with Crippen LogP contribution in [0.4, 0.5) is 10.1 Å². The van der Waals surface area contributed by atoms with Gasteiger partial charge in [0.25, 0.3) is 0 Å². The van der Waals surface area contributed by atoms with Gasteiger partial charge in [-0.15, -0.1) is 0 Å². The third-order valence-corrected chi connectivity index (χ3v) is 3.94. The number of fused-ring (bicyclic) bond motifs is 1. The normalized spacial score (nSPS) is 14.8. The largest absolute Gasteiger partial charge is 0.365 e. The Labute approximate surface area is 119 Å². The zero-order valence-corrected chi connectivity index (χ0v) is 11.5. The average molecular weight is 270 g/mol. The Morgan fingerprint density at radius 3 is 2.65 bits per heavy atom. The van der Waals surface area contributed by atoms with Gasteiger partial charge in [0, 0.05) is 19.6 Å². The van der Waals surface area contributed by atoms with Gasteiger partial charge in [0.15, 0.2) is 0 Å². The van der Waals surface area contributed by atoms with Crippen molar-refractivity contribution in [3.63, 3.8) is 0 Å². The van der Waals surface area contributed by atoms with E-state index in [0.717, 1.165) is 31.5 Å². The Bertz CT molecular complexity index is 610. The van der Waals surface area contributed by atoms with E-state index in [9.17, 15) is 4.39 Å². The number of hydrogen-bond acceptors (Lipinski definition) is 2. The standard InChI is InChI=1S/C17H19FN2/c18-16-10-13(11-19)7-8-17(16)20-9-3-6-14-4-1-2-5-15(14)12-20/h1-2,4-5,7-8,10H,3,6,9,11-12,19H2. The maximum atomic E-state index is 14.2. The molecular formula is C17H19FN2. The molecule has 3 rings (SSSR count). The minimum atomic E-state index is -0.174. The van der Waals surface area contributed by atoms with E-state index < -0.39 is 0 Å². The SMILES string of the molecule is NCc1ccc(N2CCCc3ccccc3C2)c(F)c1. The number of nitrogens with zero attached hydrogens (tertiary/aromatic N) is 1. The number of anilines is 1. The third-order valence-electron chi connectivity index (χ3n) is 3.94. The highest BCUT2D eigenvalue weighted by atomic mass is 19.1. The first-order valence-corrected chi connectivity index (χ1v) is 7.08. The number of benzene rings is 2. The Balaban J connectivity index is 1.91. The molecule has 1 aliphatic rings. The van der Waals surface area contributed by atoms with Crippen molar-refractivity contribution in [3.8, 4) is 0 Å². The first-order chi connectivity index (χ1) is 9.78. The Hall–Kier alpha value is -1.87. The minimum absolute atomic E-state index is 0.174. The quantitative estimate of drug-likeness (QED) is 0.907. The molecule has 0 fully saturated rings. The van der Waals surface area contributed by atoms with Gasteiger partial charge in [-0.25, -0.2) is 4.39 Å². The molecule has 104 valence electrons. The molecule has 20 heavy (non-hydrogen) atoms. The molecule has 3 heteroatoms. The molecule has 0 saturated carbocycles. The van der Waals surface area contributed by atoms with Crippen LogP contribution in [0.2, 0.25) is 0 Å². The molecule has 2 aromatic carbocycles. The van der Waals surface area contributed by atoms with Gasteiger partial charge in [0.1, 0.15) is 5.82 Å². The summed E-state index contributed by atoms with van der Waals surface area (Å²) in [5, 5.41) is 0. The minimum Gasteiger partial charge on any atom is -0.365 e. The van der Waals surface area contributed by atoms with Gasteiger partial charge in [-0.2, -0.15) is 0 Å². The number of halogens is 1. The van der Waals surface area contributed by atoms with Gasteiger partial charge in [0.05, 0.1) is 5.69 Å². The first kappa shape index (κ1) is 13.1. The van der Waals surface area contributed by atoms with Crippen LogP contribution in [-0.4, -0.2) is 6.54 Å². The molecule has 1 aliphatic heterocycles. The average Bonchev–Trinajstić information content (AvgIpc) is 2.69. The van der Waals surface area contributed by atoms with Crippen LogP contribution >= 0.6 is 0 Å². The molecule has 0 amide bonds. The Morgan fingerprint density at radius 1 is 1.10 bits per heavy atom. The molecule has 0 spiro atoms. The monoisotopic (exact) mass is 270 g/mol. The van der Waals surface area contributed by atoms with Crippen molar-refractivity contribution in [1.82, 2.24) is 0 Å². The van der Waals surface area contributed by atoms with Crippen molar-refractivity contribution in [2.75, 3.05) is 11.4 Å². The molecule has 0 radical (unpaired) electrons. The lowest BCUT2D eigenvalue weighted by Crippen LogP contribution is -2.23. The second kappa shape index (κ2) is 5.63. The number of hydrogen-bond donors (Lipinski definition) is 1. The highest BCUT2D eigenvalue weighted by Gasteiger charge is 2.17. The lowest BCUT2D eigenvalue weighted by atomic mass is 10.0. The van der Waals surface area contributed by atoms with E-state index in [0.29, 0.717) is 12.2 Å². The van der Waals surface area contributed by atoms with Crippen LogP contribution in [0.1, 0.15) is 23.1 Å². The molecule has 2 N–H and O–H groups in total. The van der Waals surface area contributed by atoms with E-state index in [1.165, 1.54) is 11.1 Å². The number of aryl methyl sites for hydroxylation is 1. The Morgan fingerprint density at radius 2 is 1.90 bits per heavy atom. The summed E-state index contributed by atoms with van der Waals surface area (Å²) < 4.78 is 14.2. The summed E-state index contributed by atoms with van der Waals surface area (Å²) in [5.74, 6) is -0.174. The lowest BCUT2D eigenvalue weighted by Gasteiger charge is -2.24. The lowest BCUT2D eigenvalue weighted by molar-refractivity contribution is 0.613. The maximum Gasteiger partial charge on any atom is 0.146 e. The summed E-state index contributed by atoms with van der Waals surface area (Å²) in [7, 11) is 0. The van der Waals surface area contributed by atoms with E-state index in [1.807, 2.05) is 12.1 Å². The van der Waals surface area contributed by atoms with Gasteiger partial charge < -0.3 is 10.6 Å². The van der Waals surface area contributed by atoms with Crippen molar-refractivity contribution in [1.29, 1.82) is 0 Å². The van der Waals surface area contributed by atoms with E-state index in [1.54, 1.807) is 6.07 Å². The second-order valence-corrected chi connectivity index (χ2v) is 5.28. The van der Waals surface area contributed by atoms with Crippen molar-refractivity contribution in [2.24, 2.45) is 5.73 Å². The predicted molar refractivity (Wildman–Crippen MR) is 80.1 cm³/mol. The van der Waals surface area contributed by atoms with Crippen LogP contribution in [0.5, 0.6) is 0 Å². The first-order valence-electron chi connectivity index (χ1n) is 7.08. The highest BCUT2D eigenvalue weighted by Crippen LogP contribution is 2.26. The van der Waals surface area contributed by atoms with Crippen LogP contribution in [0.3, 0.4) is 0 Å². The molecule has 0 aliphatic carbocycles. The van der Waals surface area contributed by atoms with Gasteiger partial charge in [0.2, 0.25) is 0 Å². The van der Waals surface area contributed by atoms with E-state index in [-0.39, 0.29) is 5.82 Å². The van der Waals surface area contributed by atoms with Crippen LogP contribution in [-0.2, 0) is 19.5 Å². The van der Waals surface area contributed by atoms with Crippen LogP contribution in [0, 0.1) is 5.82 Å². The summed E-state index contributed by atoms with van der Waals surface area (Å²) in [5.41, 5.74) is 9.75. The molecule has 0 aromatic heterocycles. The molecule has 2 aromatic rings. The van der Waals surface area contributed by atoms with Gasteiger partial charge >= 0.3 is 0 Å². The summed E-state index contributed by atoms with van der Waals surface area (Å²) in [6, 6.07) is 13.8. The van der Waals surface area contributed by atoms with E-state index >= 15 is 0 Å². The van der Waals surface area contributed by atoms with Crippen molar-refractivity contribution in [2.45, 2.75) is 25.9 Å². The second-order valence-electron chi connectivity index (χ2n) is 5.28. The fraction of sp³-hybridized carbons (Fsp3) is 0.294. The summed E-state index contributed by atoms with van der Waals surface area (Å²) >= 11 is 0. The fourth-order valence-electron chi connectivity index (χ4n) is 2.84. The molecule has 0 bridgehead atoms. The maximum absolute atomic E-state index is 14.2. The van der Waals surface area contributed by atoms with Gasteiger partial charge in [-0.05, 0) is 41.7 Å². The van der Waals surface area contributed by atoms with E-state index in [2.05, 4.69) is 29.2 Å². The predicted octanol–water partition coefficient (Wildman–Crippen LogP) is 3.24. The van der Waals surface area contributed by atoms with Crippen molar-refractivity contribution in [3.05, 3.63) is 65.0 Å². The molecule has 0 saturated heterocycles. The van der Waals surface area contributed by atoms with Gasteiger partial charge in [-0.3, -0.25) is 0 Å².